The number of thioether (sulfide) groups is 1. The number of aliphatic hydroxyl groups excluding tert-OH is 1. The minimum Gasteiger partial charge on any atom is -0.505 e. The summed E-state index contributed by atoms with van der Waals surface area (Å²) in [5.74, 6) is -1.12. The number of amides is 1. The number of aliphatic hydroxyl groups is 1. The van der Waals surface area contributed by atoms with Crippen LogP contribution in [0.4, 0.5) is 5.13 Å². The van der Waals surface area contributed by atoms with Crippen molar-refractivity contribution in [1.29, 1.82) is 0 Å². The molecule has 0 spiro atoms. The van der Waals surface area contributed by atoms with Gasteiger partial charge in [0.1, 0.15) is 11.3 Å². The maximum absolute atomic E-state index is 13.6. The Balaban J connectivity index is 1.43. The first-order valence-electron chi connectivity index (χ1n) is 12.7. The SMILES string of the molecule is Cc1ccc(CSc2nnc(N3C(=O)C(=O)C(=C(O)c4c(C)nc5ccccn45)C3c3ccc(C)cc3)s2)cc1. The van der Waals surface area contributed by atoms with Gasteiger partial charge in [-0.1, -0.05) is 88.8 Å². The second-order valence-electron chi connectivity index (χ2n) is 9.68. The maximum Gasteiger partial charge on any atom is 0.301 e. The molecule has 1 amide bonds. The number of pyridine rings is 1. The van der Waals surface area contributed by atoms with Gasteiger partial charge in [0.25, 0.3) is 5.78 Å². The zero-order valence-corrected chi connectivity index (χ0v) is 23.7. The molecule has 200 valence electrons. The summed E-state index contributed by atoms with van der Waals surface area (Å²) >= 11 is 2.77. The standard InChI is InChI=1S/C30H25N5O3S2/c1-17-7-11-20(12-8-17)16-39-30-33-32-29(40-30)35-25(21-13-9-18(2)10-14-21)23(27(37)28(35)38)26(36)24-19(3)31-22-6-4-5-15-34(22)24/h4-15,25,36H,16H2,1-3H3. The third kappa shape index (κ3) is 4.59. The van der Waals surface area contributed by atoms with Crippen molar-refractivity contribution in [3.8, 4) is 0 Å². The molecule has 1 aliphatic heterocycles. The molecule has 0 radical (unpaired) electrons. The minimum absolute atomic E-state index is 0.00772. The molecule has 8 nitrogen and oxygen atoms in total. The van der Waals surface area contributed by atoms with Crippen LogP contribution in [0.2, 0.25) is 0 Å². The molecule has 1 fully saturated rings. The maximum atomic E-state index is 13.6. The van der Waals surface area contributed by atoms with E-state index in [1.807, 2.05) is 56.3 Å². The van der Waals surface area contributed by atoms with Gasteiger partial charge in [-0.25, -0.2) is 4.98 Å². The van der Waals surface area contributed by atoms with Gasteiger partial charge >= 0.3 is 5.91 Å². The van der Waals surface area contributed by atoms with Crippen molar-refractivity contribution in [3.63, 3.8) is 0 Å². The first-order valence-corrected chi connectivity index (χ1v) is 14.5. The van der Waals surface area contributed by atoms with E-state index in [0.717, 1.165) is 11.1 Å². The normalized spacial score (nSPS) is 16.8. The lowest BCUT2D eigenvalue weighted by atomic mass is 9.96. The van der Waals surface area contributed by atoms with Crippen molar-refractivity contribution < 1.29 is 14.7 Å². The summed E-state index contributed by atoms with van der Waals surface area (Å²) in [6.45, 7) is 5.77. The lowest BCUT2D eigenvalue weighted by Crippen LogP contribution is -2.29. The van der Waals surface area contributed by atoms with Crippen LogP contribution in [0, 0.1) is 20.8 Å². The number of imidazole rings is 1. The zero-order chi connectivity index (χ0) is 28.0. The number of hydrogen-bond donors (Lipinski definition) is 1. The highest BCUT2D eigenvalue weighted by Crippen LogP contribution is 2.44. The van der Waals surface area contributed by atoms with Crippen molar-refractivity contribution in [1.82, 2.24) is 19.6 Å². The molecule has 0 bridgehead atoms. The second-order valence-corrected chi connectivity index (χ2v) is 11.9. The predicted octanol–water partition coefficient (Wildman–Crippen LogP) is 6.03. The molecule has 0 aliphatic carbocycles. The van der Waals surface area contributed by atoms with E-state index < -0.39 is 17.7 Å². The van der Waals surface area contributed by atoms with Gasteiger partial charge in [0.05, 0.1) is 17.3 Å². The summed E-state index contributed by atoms with van der Waals surface area (Å²) in [4.78, 5) is 33.0. The number of rotatable bonds is 6. The van der Waals surface area contributed by atoms with Crippen LogP contribution in [0.15, 0.2) is 82.8 Å². The molecule has 6 rings (SSSR count). The van der Waals surface area contributed by atoms with Crippen molar-refractivity contribution in [3.05, 3.63) is 112 Å². The van der Waals surface area contributed by atoms with E-state index in [2.05, 4.69) is 39.4 Å². The van der Waals surface area contributed by atoms with Crippen molar-refractivity contribution in [2.75, 3.05) is 4.90 Å². The zero-order valence-electron chi connectivity index (χ0n) is 22.0. The van der Waals surface area contributed by atoms with Gasteiger partial charge in [0.2, 0.25) is 5.13 Å². The molecule has 3 aromatic heterocycles. The number of Topliss-reactive ketones (excluding diaryl/α,β-unsaturated/α-hetero) is 1. The number of anilines is 1. The average Bonchev–Trinajstić information content (AvgIpc) is 3.62. The lowest BCUT2D eigenvalue weighted by molar-refractivity contribution is -0.132. The fourth-order valence-electron chi connectivity index (χ4n) is 4.81. The molecule has 1 unspecified atom stereocenters. The Morgan fingerprint density at radius 3 is 2.38 bits per heavy atom. The summed E-state index contributed by atoms with van der Waals surface area (Å²) in [5.41, 5.74) is 5.59. The summed E-state index contributed by atoms with van der Waals surface area (Å²) in [6.07, 6.45) is 1.77. The Kier molecular flexibility index (Phi) is 6.73. The van der Waals surface area contributed by atoms with Gasteiger partial charge in [-0.05, 0) is 44.0 Å². The highest BCUT2D eigenvalue weighted by Gasteiger charge is 2.48. The molecule has 0 saturated carbocycles. The molecule has 40 heavy (non-hydrogen) atoms. The first-order chi connectivity index (χ1) is 19.3. The predicted molar refractivity (Wildman–Crippen MR) is 157 cm³/mol. The molecule has 1 aliphatic rings. The van der Waals surface area contributed by atoms with Crippen LogP contribution in [0.25, 0.3) is 11.4 Å². The van der Waals surface area contributed by atoms with E-state index in [4.69, 9.17) is 0 Å². The van der Waals surface area contributed by atoms with E-state index in [0.29, 0.717) is 37.8 Å². The van der Waals surface area contributed by atoms with Gasteiger partial charge in [0.15, 0.2) is 10.1 Å². The molecular formula is C30H25N5O3S2. The summed E-state index contributed by atoms with van der Waals surface area (Å²) in [6, 6.07) is 20.4. The number of fused-ring (bicyclic) bond motifs is 1. The van der Waals surface area contributed by atoms with E-state index in [-0.39, 0.29) is 11.3 Å². The van der Waals surface area contributed by atoms with Gasteiger partial charge in [-0.2, -0.15) is 0 Å². The van der Waals surface area contributed by atoms with Crippen molar-refractivity contribution in [2.45, 2.75) is 36.9 Å². The van der Waals surface area contributed by atoms with Gasteiger partial charge in [-0.3, -0.25) is 18.9 Å². The molecule has 2 aromatic carbocycles. The molecule has 1 atom stereocenters. The van der Waals surface area contributed by atoms with E-state index >= 15 is 0 Å². The highest BCUT2D eigenvalue weighted by atomic mass is 32.2. The number of aryl methyl sites for hydroxylation is 3. The van der Waals surface area contributed by atoms with Crippen LogP contribution < -0.4 is 4.90 Å². The fourth-order valence-corrected chi connectivity index (χ4v) is 6.63. The molecule has 5 aromatic rings. The Hall–Kier alpha value is -4.28. The number of nitrogens with zero attached hydrogens (tertiary/aromatic N) is 5. The number of aromatic nitrogens is 4. The van der Waals surface area contributed by atoms with Crippen LogP contribution in [-0.4, -0.2) is 36.4 Å². The lowest BCUT2D eigenvalue weighted by Gasteiger charge is -2.22. The number of benzene rings is 2. The fraction of sp³-hybridized carbons (Fsp3) is 0.167. The van der Waals surface area contributed by atoms with Gasteiger partial charge in [0, 0.05) is 11.9 Å². The van der Waals surface area contributed by atoms with Crippen molar-refractivity contribution >= 4 is 51.3 Å². The van der Waals surface area contributed by atoms with Crippen molar-refractivity contribution in [2.24, 2.45) is 0 Å². The van der Waals surface area contributed by atoms with E-state index in [9.17, 15) is 14.7 Å². The molecular weight excluding hydrogens is 542 g/mol. The molecule has 1 saturated heterocycles. The van der Waals surface area contributed by atoms with Crippen LogP contribution in [-0.2, 0) is 15.3 Å². The Morgan fingerprint density at radius 2 is 1.65 bits per heavy atom. The summed E-state index contributed by atoms with van der Waals surface area (Å²) < 4.78 is 2.40. The van der Waals surface area contributed by atoms with Crippen LogP contribution in [0.5, 0.6) is 0 Å². The first kappa shape index (κ1) is 26.0. The smallest absolute Gasteiger partial charge is 0.301 e. The largest absolute Gasteiger partial charge is 0.505 e. The number of hydrogen-bond acceptors (Lipinski definition) is 8. The third-order valence-corrected chi connectivity index (χ3v) is 8.98. The third-order valence-electron chi connectivity index (χ3n) is 6.85. The topological polar surface area (TPSA) is 101 Å². The van der Waals surface area contributed by atoms with E-state index in [1.54, 1.807) is 17.5 Å². The molecule has 10 heteroatoms. The quantitative estimate of drug-likeness (QED) is 0.0879. The van der Waals surface area contributed by atoms with Crippen LogP contribution in [0.1, 0.15) is 39.7 Å². The van der Waals surface area contributed by atoms with Gasteiger partial charge < -0.3 is 5.11 Å². The number of ketones is 1. The summed E-state index contributed by atoms with van der Waals surface area (Å²) in [7, 11) is 0. The molecule has 1 N–H and O–H groups in total. The van der Waals surface area contributed by atoms with Crippen LogP contribution >= 0.6 is 23.1 Å². The van der Waals surface area contributed by atoms with Crippen LogP contribution in [0.3, 0.4) is 0 Å². The monoisotopic (exact) mass is 567 g/mol. The number of carbonyl (C=O) groups excluding carboxylic acids is 2. The average molecular weight is 568 g/mol. The Labute approximate surface area is 239 Å². The summed E-state index contributed by atoms with van der Waals surface area (Å²) in [5, 5.41) is 20.6. The van der Waals surface area contributed by atoms with Gasteiger partial charge in [-0.15, -0.1) is 10.2 Å². The second kappa shape index (κ2) is 10.4. The Morgan fingerprint density at radius 1 is 0.950 bits per heavy atom. The molecule has 4 heterocycles. The number of carbonyl (C=O) groups is 2. The highest BCUT2D eigenvalue weighted by molar-refractivity contribution is 8.00. The Bertz CT molecular complexity index is 1790. The minimum atomic E-state index is -0.878. The van der Waals surface area contributed by atoms with E-state index in [1.165, 1.54) is 33.6 Å².